The Hall–Kier alpha value is -2.73. The largest absolute Gasteiger partial charge is 0.332 e. The van der Waals surface area contributed by atoms with E-state index in [4.69, 9.17) is 12.2 Å². The quantitative estimate of drug-likeness (QED) is 0.499. The summed E-state index contributed by atoms with van der Waals surface area (Å²) < 4.78 is 0. The van der Waals surface area contributed by atoms with Crippen LogP contribution in [-0.4, -0.2) is 23.5 Å². The van der Waals surface area contributed by atoms with E-state index in [0.29, 0.717) is 24.2 Å². The van der Waals surface area contributed by atoms with Gasteiger partial charge >= 0.3 is 0 Å². The molecule has 0 spiro atoms. The minimum absolute atomic E-state index is 0.0909. The molecule has 2 aromatic rings. The summed E-state index contributed by atoms with van der Waals surface area (Å²) in [6, 6.07) is 16.7. The van der Waals surface area contributed by atoms with Gasteiger partial charge in [-0.1, -0.05) is 44.0 Å². The third-order valence-corrected chi connectivity index (χ3v) is 4.46. The van der Waals surface area contributed by atoms with Gasteiger partial charge < -0.3 is 15.5 Å². The van der Waals surface area contributed by atoms with E-state index in [0.717, 1.165) is 24.9 Å². The number of hydrogen-bond donors (Lipinski definition) is 2. The van der Waals surface area contributed by atoms with Gasteiger partial charge in [0.2, 0.25) is 5.91 Å². The Morgan fingerprint density at radius 2 is 1.75 bits per heavy atom. The standard InChI is InChI=1S/C22H27N3O2S/c1-3-5-7-15-20(26)24-22(28)23-18-12-10-11-17(16-18)21(27)25(4-2)19-13-8-6-9-14-19/h6,8-14,16H,3-5,7,15H2,1-2H3,(H2,23,24,26,28). The van der Waals surface area contributed by atoms with E-state index in [-0.39, 0.29) is 16.9 Å². The van der Waals surface area contributed by atoms with E-state index in [9.17, 15) is 9.59 Å². The van der Waals surface area contributed by atoms with Crippen molar-refractivity contribution in [3.63, 3.8) is 0 Å². The van der Waals surface area contributed by atoms with Crippen molar-refractivity contribution in [2.24, 2.45) is 0 Å². The molecule has 0 atom stereocenters. The second-order valence-electron chi connectivity index (χ2n) is 6.43. The molecule has 0 saturated carbocycles. The van der Waals surface area contributed by atoms with Crippen LogP contribution in [0.3, 0.4) is 0 Å². The van der Waals surface area contributed by atoms with Crippen LogP contribution in [0.4, 0.5) is 11.4 Å². The minimum atomic E-state index is -0.0978. The third kappa shape index (κ3) is 6.46. The fourth-order valence-electron chi connectivity index (χ4n) is 2.82. The number of nitrogens with one attached hydrogen (secondary N) is 2. The summed E-state index contributed by atoms with van der Waals surface area (Å²) in [5, 5.41) is 5.90. The van der Waals surface area contributed by atoms with Crippen molar-refractivity contribution in [2.45, 2.75) is 39.5 Å². The monoisotopic (exact) mass is 397 g/mol. The van der Waals surface area contributed by atoms with Gasteiger partial charge in [0.15, 0.2) is 5.11 Å². The summed E-state index contributed by atoms with van der Waals surface area (Å²) >= 11 is 5.21. The van der Waals surface area contributed by atoms with Crippen molar-refractivity contribution in [3.05, 3.63) is 60.2 Å². The molecule has 0 saturated heterocycles. The number of unbranched alkanes of at least 4 members (excludes halogenated alkanes) is 2. The number of para-hydroxylation sites is 1. The summed E-state index contributed by atoms with van der Waals surface area (Å²) in [7, 11) is 0. The number of carbonyl (C=O) groups is 2. The molecule has 5 nitrogen and oxygen atoms in total. The van der Waals surface area contributed by atoms with Crippen molar-refractivity contribution in [1.82, 2.24) is 5.32 Å². The Morgan fingerprint density at radius 1 is 1.00 bits per heavy atom. The van der Waals surface area contributed by atoms with E-state index in [2.05, 4.69) is 17.6 Å². The number of anilines is 2. The molecular weight excluding hydrogens is 370 g/mol. The third-order valence-electron chi connectivity index (χ3n) is 4.26. The maximum Gasteiger partial charge on any atom is 0.258 e. The highest BCUT2D eigenvalue weighted by Crippen LogP contribution is 2.18. The van der Waals surface area contributed by atoms with Crippen LogP contribution < -0.4 is 15.5 Å². The number of carbonyl (C=O) groups excluding carboxylic acids is 2. The second kappa shape index (κ2) is 11.2. The van der Waals surface area contributed by atoms with E-state index < -0.39 is 0 Å². The van der Waals surface area contributed by atoms with E-state index in [1.807, 2.05) is 43.3 Å². The van der Waals surface area contributed by atoms with Gasteiger partial charge in [-0.2, -0.15) is 0 Å². The van der Waals surface area contributed by atoms with Gasteiger partial charge in [0.25, 0.3) is 5.91 Å². The molecule has 0 aromatic heterocycles. The SMILES string of the molecule is CCCCCC(=O)NC(=S)Nc1cccc(C(=O)N(CC)c2ccccc2)c1. The lowest BCUT2D eigenvalue weighted by molar-refractivity contribution is -0.119. The molecule has 0 aliphatic heterocycles. The highest BCUT2D eigenvalue weighted by Gasteiger charge is 2.16. The summed E-state index contributed by atoms with van der Waals surface area (Å²) in [5.41, 5.74) is 2.06. The van der Waals surface area contributed by atoms with Crippen molar-refractivity contribution >= 4 is 40.5 Å². The lowest BCUT2D eigenvalue weighted by atomic mass is 10.1. The molecule has 6 heteroatoms. The first kappa shape index (κ1) is 21.6. The normalized spacial score (nSPS) is 10.2. The van der Waals surface area contributed by atoms with E-state index >= 15 is 0 Å². The molecule has 148 valence electrons. The average Bonchev–Trinajstić information content (AvgIpc) is 2.69. The number of amides is 2. The van der Waals surface area contributed by atoms with E-state index in [1.54, 1.807) is 23.1 Å². The van der Waals surface area contributed by atoms with Crippen molar-refractivity contribution in [1.29, 1.82) is 0 Å². The van der Waals surface area contributed by atoms with Gasteiger partial charge in [0.05, 0.1) is 0 Å². The number of hydrogen-bond acceptors (Lipinski definition) is 3. The Bertz CT molecular complexity index is 808. The molecule has 0 unspecified atom stereocenters. The Morgan fingerprint density at radius 3 is 2.43 bits per heavy atom. The first-order valence-electron chi connectivity index (χ1n) is 9.63. The Kier molecular flexibility index (Phi) is 8.62. The zero-order valence-corrected chi connectivity index (χ0v) is 17.2. The summed E-state index contributed by atoms with van der Waals surface area (Å²) in [6.07, 6.45) is 3.39. The smallest absolute Gasteiger partial charge is 0.258 e. The number of rotatable bonds is 8. The van der Waals surface area contributed by atoms with Crippen LogP contribution >= 0.6 is 12.2 Å². The molecule has 0 aliphatic rings. The average molecular weight is 398 g/mol. The molecule has 0 heterocycles. The highest BCUT2D eigenvalue weighted by molar-refractivity contribution is 7.80. The van der Waals surface area contributed by atoms with Gasteiger partial charge in [-0.25, -0.2) is 0 Å². The lowest BCUT2D eigenvalue weighted by Gasteiger charge is -2.21. The molecular formula is C22H27N3O2S. The first-order chi connectivity index (χ1) is 13.5. The van der Waals surface area contributed by atoms with Crippen LogP contribution in [-0.2, 0) is 4.79 Å². The molecule has 0 bridgehead atoms. The maximum absolute atomic E-state index is 12.9. The van der Waals surface area contributed by atoms with Crippen LogP contribution in [0.25, 0.3) is 0 Å². The van der Waals surface area contributed by atoms with Crippen LogP contribution in [0.15, 0.2) is 54.6 Å². The molecule has 2 rings (SSSR count). The van der Waals surface area contributed by atoms with Gasteiger partial charge in [-0.3, -0.25) is 9.59 Å². The maximum atomic E-state index is 12.9. The van der Waals surface area contributed by atoms with Gasteiger partial charge in [0, 0.05) is 29.9 Å². The number of benzene rings is 2. The second-order valence-corrected chi connectivity index (χ2v) is 6.83. The van der Waals surface area contributed by atoms with Crippen LogP contribution in [0.2, 0.25) is 0 Å². The topological polar surface area (TPSA) is 61.4 Å². The summed E-state index contributed by atoms with van der Waals surface area (Å²) in [5.74, 6) is -0.189. The van der Waals surface area contributed by atoms with Crippen LogP contribution in [0, 0.1) is 0 Å². The first-order valence-corrected chi connectivity index (χ1v) is 10.0. The predicted octanol–water partition coefficient (Wildman–Crippen LogP) is 4.75. The predicted molar refractivity (Wildman–Crippen MR) is 119 cm³/mol. The minimum Gasteiger partial charge on any atom is -0.332 e. The zero-order chi connectivity index (χ0) is 20.4. The van der Waals surface area contributed by atoms with Crippen molar-refractivity contribution in [3.8, 4) is 0 Å². The number of nitrogens with zero attached hydrogens (tertiary/aromatic N) is 1. The summed E-state index contributed by atoms with van der Waals surface area (Å²) in [4.78, 5) is 26.5. The molecule has 2 aromatic carbocycles. The lowest BCUT2D eigenvalue weighted by Crippen LogP contribution is -2.34. The molecule has 28 heavy (non-hydrogen) atoms. The Labute approximate surface area is 172 Å². The van der Waals surface area contributed by atoms with Crippen LogP contribution in [0.1, 0.15) is 49.9 Å². The zero-order valence-electron chi connectivity index (χ0n) is 16.4. The molecule has 0 fully saturated rings. The fourth-order valence-corrected chi connectivity index (χ4v) is 3.06. The summed E-state index contributed by atoms with van der Waals surface area (Å²) in [6.45, 7) is 4.60. The fraction of sp³-hybridized carbons (Fsp3) is 0.318. The van der Waals surface area contributed by atoms with Crippen LogP contribution in [0.5, 0.6) is 0 Å². The van der Waals surface area contributed by atoms with Gasteiger partial charge in [-0.15, -0.1) is 0 Å². The molecule has 2 N–H and O–H groups in total. The highest BCUT2D eigenvalue weighted by atomic mass is 32.1. The molecule has 0 aliphatic carbocycles. The number of thiocarbonyl (C=S) groups is 1. The molecule has 2 amide bonds. The van der Waals surface area contributed by atoms with Crippen molar-refractivity contribution in [2.75, 3.05) is 16.8 Å². The van der Waals surface area contributed by atoms with E-state index in [1.165, 1.54) is 0 Å². The van der Waals surface area contributed by atoms with Crippen molar-refractivity contribution < 1.29 is 9.59 Å². The Balaban J connectivity index is 2.02. The molecule has 0 radical (unpaired) electrons. The van der Waals surface area contributed by atoms with Gasteiger partial charge in [0.1, 0.15) is 0 Å². The van der Waals surface area contributed by atoms with Gasteiger partial charge in [-0.05, 0) is 55.9 Å².